The van der Waals surface area contributed by atoms with Crippen LogP contribution in [0.3, 0.4) is 0 Å². The Balaban J connectivity index is 2.03. The summed E-state index contributed by atoms with van der Waals surface area (Å²) in [5.74, 6) is 5.72. The van der Waals surface area contributed by atoms with Crippen LogP contribution in [0.25, 0.3) is 11.0 Å². The van der Waals surface area contributed by atoms with Crippen molar-refractivity contribution in [2.45, 2.75) is 24.5 Å². The van der Waals surface area contributed by atoms with E-state index >= 15 is 0 Å². The van der Waals surface area contributed by atoms with E-state index in [2.05, 4.69) is 20.5 Å². The smallest absolute Gasteiger partial charge is 0.181 e. The minimum atomic E-state index is -1.22. The van der Waals surface area contributed by atoms with E-state index in [0.717, 1.165) is 0 Å². The quantitative estimate of drug-likeness (QED) is 0.310. The number of hydrazine groups is 1. The molecule has 1 saturated heterocycles. The molecule has 0 bridgehead atoms. The van der Waals surface area contributed by atoms with Gasteiger partial charge in [0, 0.05) is 0 Å². The molecule has 3 heterocycles. The first-order valence-electron chi connectivity index (χ1n) is 5.94. The Morgan fingerprint density at radius 3 is 2.80 bits per heavy atom. The molecule has 10 heteroatoms. The van der Waals surface area contributed by atoms with Gasteiger partial charge < -0.3 is 25.5 Å². The number of rotatable bonds is 3. The summed E-state index contributed by atoms with van der Waals surface area (Å²) in [7, 11) is 0. The highest BCUT2D eigenvalue weighted by Crippen LogP contribution is 2.31. The Morgan fingerprint density at radius 2 is 2.15 bits per heavy atom. The van der Waals surface area contributed by atoms with Crippen LogP contribution < -0.4 is 11.3 Å². The number of nitrogens with zero attached hydrogens (tertiary/aromatic N) is 4. The molecule has 0 spiro atoms. The van der Waals surface area contributed by atoms with Crippen molar-refractivity contribution >= 4 is 16.9 Å². The highest BCUT2D eigenvalue weighted by Gasteiger charge is 2.44. The molecule has 2 aromatic heterocycles. The number of anilines is 1. The van der Waals surface area contributed by atoms with Crippen molar-refractivity contribution in [2.24, 2.45) is 5.84 Å². The van der Waals surface area contributed by atoms with Gasteiger partial charge in [-0.05, 0) is 0 Å². The Hall–Kier alpha value is -1.85. The van der Waals surface area contributed by atoms with Crippen molar-refractivity contribution in [1.29, 1.82) is 0 Å². The lowest BCUT2D eigenvalue weighted by molar-refractivity contribution is -0.0566. The summed E-state index contributed by atoms with van der Waals surface area (Å²) in [6.07, 6.45) is -1.47. The Labute approximate surface area is 112 Å². The van der Waals surface area contributed by atoms with Crippen LogP contribution in [0.15, 0.2) is 12.5 Å². The minimum absolute atomic E-state index is 0.382. The summed E-state index contributed by atoms with van der Waals surface area (Å²) in [6, 6.07) is 0. The predicted molar refractivity (Wildman–Crippen MR) is 66.1 cm³/mol. The SMILES string of the molecule is NNc1ncnc2c1cnn2C1O[C@H](CO)[C@@H](O)[C@H]1O. The van der Waals surface area contributed by atoms with Crippen LogP contribution in [0.1, 0.15) is 6.23 Å². The molecule has 3 rings (SSSR count). The third-order valence-corrected chi connectivity index (χ3v) is 3.29. The number of ether oxygens (including phenoxy) is 1. The molecule has 0 radical (unpaired) electrons. The van der Waals surface area contributed by atoms with Crippen LogP contribution in [0.4, 0.5) is 5.82 Å². The Bertz CT molecular complexity index is 619. The predicted octanol–water partition coefficient (Wildman–Crippen LogP) is -2.28. The zero-order chi connectivity index (χ0) is 14.3. The van der Waals surface area contributed by atoms with Crippen molar-refractivity contribution in [1.82, 2.24) is 19.7 Å². The van der Waals surface area contributed by atoms with E-state index < -0.39 is 31.1 Å². The van der Waals surface area contributed by atoms with Gasteiger partial charge in [0.15, 0.2) is 17.7 Å². The number of nitrogens with one attached hydrogen (secondary N) is 1. The summed E-state index contributed by atoms with van der Waals surface area (Å²) < 4.78 is 6.72. The summed E-state index contributed by atoms with van der Waals surface area (Å²) in [5.41, 5.74) is 2.81. The first-order valence-corrected chi connectivity index (χ1v) is 5.94. The molecule has 1 aliphatic heterocycles. The van der Waals surface area contributed by atoms with E-state index in [9.17, 15) is 10.2 Å². The molecule has 0 aliphatic carbocycles. The number of nitrogen functional groups attached to an aromatic ring is 1. The van der Waals surface area contributed by atoms with Gasteiger partial charge in [-0.3, -0.25) is 0 Å². The lowest BCUT2D eigenvalue weighted by Crippen LogP contribution is -2.33. The van der Waals surface area contributed by atoms with Gasteiger partial charge in [0.25, 0.3) is 0 Å². The number of aliphatic hydroxyl groups excluding tert-OH is 3. The standard InChI is InChI=1S/C10H14N6O4/c11-15-8-4-1-14-16(9(4)13-3-12-8)10-7(19)6(18)5(2-17)20-10/h1,3,5-7,10,17-19H,2,11H2,(H,12,13,15)/t5-,6-,7-,10?/m1/s1. The summed E-state index contributed by atoms with van der Waals surface area (Å²) in [5, 5.41) is 33.5. The summed E-state index contributed by atoms with van der Waals surface area (Å²) >= 11 is 0. The van der Waals surface area contributed by atoms with Crippen LogP contribution in [-0.4, -0.2) is 60.0 Å². The maximum absolute atomic E-state index is 9.99. The molecule has 0 saturated carbocycles. The third-order valence-electron chi connectivity index (χ3n) is 3.29. The number of hydrogen-bond donors (Lipinski definition) is 5. The van der Waals surface area contributed by atoms with Crippen molar-refractivity contribution < 1.29 is 20.1 Å². The van der Waals surface area contributed by atoms with Crippen LogP contribution in [0.5, 0.6) is 0 Å². The maximum Gasteiger partial charge on any atom is 0.181 e. The lowest BCUT2D eigenvalue weighted by atomic mass is 10.1. The number of aliphatic hydroxyl groups is 3. The first kappa shape index (κ1) is 13.1. The van der Waals surface area contributed by atoms with Gasteiger partial charge >= 0.3 is 0 Å². The molecular formula is C10H14N6O4. The lowest BCUT2D eigenvalue weighted by Gasteiger charge is -2.15. The second-order valence-corrected chi connectivity index (χ2v) is 4.42. The van der Waals surface area contributed by atoms with E-state index in [-0.39, 0.29) is 0 Å². The molecule has 0 amide bonds. The van der Waals surface area contributed by atoms with Crippen LogP contribution >= 0.6 is 0 Å². The highest BCUT2D eigenvalue weighted by molar-refractivity contribution is 5.85. The van der Waals surface area contributed by atoms with Gasteiger partial charge in [-0.25, -0.2) is 20.5 Å². The van der Waals surface area contributed by atoms with Gasteiger partial charge in [-0.2, -0.15) is 5.10 Å². The molecule has 2 aromatic rings. The molecule has 4 atom stereocenters. The molecule has 6 N–H and O–H groups in total. The van der Waals surface area contributed by atoms with Crippen molar-refractivity contribution in [3.63, 3.8) is 0 Å². The van der Waals surface area contributed by atoms with Crippen molar-refractivity contribution in [3.8, 4) is 0 Å². The fourth-order valence-corrected chi connectivity index (χ4v) is 2.25. The van der Waals surface area contributed by atoms with Gasteiger partial charge in [0.05, 0.1) is 18.2 Å². The maximum atomic E-state index is 9.99. The van der Waals surface area contributed by atoms with Gasteiger partial charge in [-0.15, -0.1) is 0 Å². The molecule has 108 valence electrons. The van der Waals surface area contributed by atoms with Crippen LogP contribution in [-0.2, 0) is 4.74 Å². The van der Waals surface area contributed by atoms with E-state index in [0.29, 0.717) is 16.9 Å². The highest BCUT2D eigenvalue weighted by atomic mass is 16.6. The average Bonchev–Trinajstić information content (AvgIpc) is 3.01. The van der Waals surface area contributed by atoms with Crippen molar-refractivity contribution in [3.05, 3.63) is 12.5 Å². The van der Waals surface area contributed by atoms with Crippen LogP contribution in [0.2, 0.25) is 0 Å². The molecule has 20 heavy (non-hydrogen) atoms. The Morgan fingerprint density at radius 1 is 1.35 bits per heavy atom. The van der Waals surface area contributed by atoms with Gasteiger partial charge in [-0.1, -0.05) is 0 Å². The normalized spacial score (nSPS) is 30.0. The molecule has 1 aliphatic rings. The second kappa shape index (κ2) is 4.92. The third kappa shape index (κ3) is 1.82. The second-order valence-electron chi connectivity index (χ2n) is 4.42. The number of hydrogen-bond acceptors (Lipinski definition) is 9. The average molecular weight is 282 g/mol. The van der Waals surface area contributed by atoms with Gasteiger partial charge in [0.1, 0.15) is 24.6 Å². The molecular weight excluding hydrogens is 268 g/mol. The summed E-state index contributed by atoms with van der Waals surface area (Å²) in [6.45, 7) is -0.404. The largest absolute Gasteiger partial charge is 0.394 e. The molecule has 10 nitrogen and oxygen atoms in total. The van der Waals surface area contributed by atoms with E-state index in [1.807, 2.05) is 0 Å². The number of aromatic nitrogens is 4. The van der Waals surface area contributed by atoms with Crippen LogP contribution in [0, 0.1) is 0 Å². The van der Waals surface area contributed by atoms with E-state index in [1.54, 1.807) is 0 Å². The monoisotopic (exact) mass is 282 g/mol. The molecule has 0 aromatic carbocycles. The Kier molecular flexibility index (Phi) is 3.23. The van der Waals surface area contributed by atoms with E-state index in [4.69, 9.17) is 15.7 Å². The van der Waals surface area contributed by atoms with Crippen molar-refractivity contribution in [2.75, 3.05) is 12.0 Å². The summed E-state index contributed by atoms with van der Waals surface area (Å²) in [4.78, 5) is 8.00. The van der Waals surface area contributed by atoms with E-state index in [1.165, 1.54) is 17.2 Å². The van der Waals surface area contributed by atoms with Gasteiger partial charge in [0.2, 0.25) is 0 Å². The fraction of sp³-hybridized carbons (Fsp3) is 0.500. The topological polar surface area (TPSA) is 152 Å². The zero-order valence-corrected chi connectivity index (χ0v) is 10.3. The molecule has 1 unspecified atom stereocenters. The molecule has 1 fully saturated rings. The fourth-order valence-electron chi connectivity index (χ4n) is 2.25. The first-order chi connectivity index (χ1) is 9.67. The minimum Gasteiger partial charge on any atom is -0.394 e. The number of nitrogens with two attached hydrogens (primary N) is 1. The zero-order valence-electron chi connectivity index (χ0n) is 10.3. The number of fused-ring (bicyclic) bond motifs is 1.